The van der Waals surface area contributed by atoms with E-state index in [4.69, 9.17) is 0 Å². The van der Waals surface area contributed by atoms with Crippen LogP contribution < -0.4 is 0 Å². The Morgan fingerprint density at radius 1 is 0.875 bits per heavy atom. The van der Waals surface area contributed by atoms with Gasteiger partial charge in [0, 0.05) is 24.2 Å². The minimum absolute atomic E-state index is 0.00270. The Hall–Kier alpha value is -0.660. The number of hydrogen-bond donors (Lipinski definition) is 0. The molecule has 0 aromatic heterocycles. The predicted molar refractivity (Wildman–Crippen MR) is 132 cm³/mol. The SMILES string of the molecule is CC(C)CCC[C@@H](C)[C@H]1CC[C@@]2(C)[C@@H]3CC[C@H]4C(C)(C)C(=O)CC[C@]4(C)[C@H]3C(=O)C[C@]12C. The first kappa shape index (κ1) is 24.5. The number of rotatable bonds is 5. The van der Waals surface area contributed by atoms with Gasteiger partial charge >= 0.3 is 0 Å². The summed E-state index contributed by atoms with van der Waals surface area (Å²) >= 11 is 0. The molecule has 0 aliphatic heterocycles. The van der Waals surface area contributed by atoms with Gasteiger partial charge in [-0.3, -0.25) is 9.59 Å². The van der Waals surface area contributed by atoms with Gasteiger partial charge in [0.1, 0.15) is 11.6 Å². The number of carbonyl (C=O) groups excluding carboxylic acids is 2. The molecule has 0 aromatic carbocycles. The first-order valence-electron chi connectivity index (χ1n) is 13.8. The lowest BCUT2D eigenvalue weighted by molar-refractivity contribution is -0.188. The van der Waals surface area contributed by atoms with Crippen molar-refractivity contribution in [2.75, 3.05) is 0 Å². The Morgan fingerprint density at radius 3 is 2.22 bits per heavy atom. The normalized spacial score (nSPS) is 46.5. The number of hydrogen-bond acceptors (Lipinski definition) is 2. The van der Waals surface area contributed by atoms with Crippen molar-refractivity contribution in [2.45, 2.75) is 120 Å². The van der Waals surface area contributed by atoms with Crippen LogP contribution in [0.4, 0.5) is 0 Å². The van der Waals surface area contributed by atoms with Crippen molar-refractivity contribution in [1.29, 1.82) is 0 Å². The summed E-state index contributed by atoms with van der Waals surface area (Å²) in [5, 5.41) is 0. The van der Waals surface area contributed by atoms with E-state index in [9.17, 15) is 9.59 Å². The summed E-state index contributed by atoms with van der Waals surface area (Å²) in [5.41, 5.74) is 0.138. The zero-order valence-corrected chi connectivity index (χ0v) is 22.4. The Balaban J connectivity index is 1.62. The number of fused-ring (bicyclic) bond motifs is 5. The van der Waals surface area contributed by atoms with Crippen molar-refractivity contribution in [1.82, 2.24) is 0 Å². The van der Waals surface area contributed by atoms with Gasteiger partial charge in [0.2, 0.25) is 0 Å². The maximum absolute atomic E-state index is 14.1. The van der Waals surface area contributed by atoms with Gasteiger partial charge in [0.15, 0.2) is 0 Å². The lowest BCUT2D eigenvalue weighted by atomic mass is 9.38. The smallest absolute Gasteiger partial charge is 0.138 e. The Labute approximate surface area is 198 Å². The first-order chi connectivity index (χ1) is 14.8. The van der Waals surface area contributed by atoms with Crippen molar-refractivity contribution in [3.63, 3.8) is 0 Å². The molecule has 0 unspecified atom stereocenters. The summed E-state index contributed by atoms with van der Waals surface area (Å²) < 4.78 is 0. The van der Waals surface area contributed by atoms with Crippen molar-refractivity contribution in [3.05, 3.63) is 0 Å². The van der Waals surface area contributed by atoms with E-state index in [1.807, 2.05) is 0 Å². The van der Waals surface area contributed by atoms with E-state index >= 15 is 0 Å². The van der Waals surface area contributed by atoms with Gasteiger partial charge in [-0.2, -0.15) is 0 Å². The predicted octanol–water partition coefficient (Wildman–Crippen LogP) is 7.88. The quantitative estimate of drug-likeness (QED) is 0.434. The van der Waals surface area contributed by atoms with Gasteiger partial charge in [0.05, 0.1) is 0 Å². The largest absolute Gasteiger partial charge is 0.299 e. The van der Waals surface area contributed by atoms with E-state index in [1.54, 1.807) is 0 Å². The molecular formula is C30H50O2. The van der Waals surface area contributed by atoms with Gasteiger partial charge in [-0.15, -0.1) is 0 Å². The van der Waals surface area contributed by atoms with Crippen LogP contribution in [0.25, 0.3) is 0 Å². The molecular weight excluding hydrogens is 392 g/mol. The van der Waals surface area contributed by atoms with Gasteiger partial charge in [-0.1, -0.05) is 74.7 Å². The molecule has 0 radical (unpaired) electrons. The molecule has 4 aliphatic rings. The Bertz CT molecular complexity index is 765. The van der Waals surface area contributed by atoms with E-state index in [-0.39, 0.29) is 27.6 Å². The molecule has 0 bridgehead atoms. The summed E-state index contributed by atoms with van der Waals surface area (Å²) in [6, 6.07) is 0. The number of Topliss-reactive ketones (excluding diaryl/α,β-unsaturated/α-hetero) is 2. The molecule has 4 rings (SSSR count). The monoisotopic (exact) mass is 442 g/mol. The van der Waals surface area contributed by atoms with Crippen LogP contribution in [-0.2, 0) is 9.59 Å². The van der Waals surface area contributed by atoms with E-state index in [0.717, 1.165) is 31.6 Å². The minimum Gasteiger partial charge on any atom is -0.299 e. The maximum atomic E-state index is 14.1. The van der Waals surface area contributed by atoms with Crippen molar-refractivity contribution in [3.8, 4) is 0 Å². The molecule has 4 saturated carbocycles. The van der Waals surface area contributed by atoms with Crippen molar-refractivity contribution >= 4 is 11.6 Å². The summed E-state index contributed by atoms with van der Waals surface area (Å²) in [7, 11) is 0. The fourth-order valence-electron chi connectivity index (χ4n) is 10.1. The number of carbonyl (C=O) groups is 2. The second-order valence-electron chi connectivity index (χ2n) is 14.3. The van der Waals surface area contributed by atoms with Gasteiger partial charge < -0.3 is 0 Å². The molecule has 0 heterocycles. The zero-order valence-electron chi connectivity index (χ0n) is 22.4. The van der Waals surface area contributed by atoms with Crippen LogP contribution in [0.15, 0.2) is 0 Å². The average molecular weight is 443 g/mol. The van der Waals surface area contributed by atoms with E-state index in [1.165, 1.54) is 32.1 Å². The Morgan fingerprint density at radius 2 is 1.56 bits per heavy atom. The third kappa shape index (κ3) is 3.31. The van der Waals surface area contributed by atoms with E-state index < -0.39 is 0 Å². The maximum Gasteiger partial charge on any atom is 0.138 e. The summed E-state index contributed by atoms with van der Waals surface area (Å²) in [6.07, 6.45) is 11.2. The van der Waals surface area contributed by atoms with Gasteiger partial charge in [0.25, 0.3) is 0 Å². The molecule has 2 heteroatoms. The summed E-state index contributed by atoms with van der Waals surface area (Å²) in [6.45, 7) is 18.9. The second kappa shape index (κ2) is 7.94. The average Bonchev–Trinajstić information content (AvgIpc) is 2.96. The minimum atomic E-state index is -0.275. The number of ketones is 2. The molecule has 0 spiro atoms. The molecule has 32 heavy (non-hydrogen) atoms. The molecule has 182 valence electrons. The molecule has 0 aromatic rings. The van der Waals surface area contributed by atoms with Crippen LogP contribution in [0.2, 0.25) is 0 Å². The second-order valence-corrected chi connectivity index (χ2v) is 14.3. The van der Waals surface area contributed by atoms with Gasteiger partial charge in [-0.25, -0.2) is 0 Å². The third-order valence-corrected chi connectivity index (χ3v) is 12.1. The van der Waals surface area contributed by atoms with Crippen molar-refractivity contribution in [2.24, 2.45) is 57.2 Å². The fourth-order valence-corrected chi connectivity index (χ4v) is 10.1. The van der Waals surface area contributed by atoms with E-state index in [0.29, 0.717) is 41.7 Å². The first-order valence-corrected chi connectivity index (χ1v) is 13.8. The lowest BCUT2D eigenvalue weighted by Crippen LogP contribution is -2.63. The highest BCUT2D eigenvalue weighted by atomic mass is 16.1. The van der Waals surface area contributed by atoms with Crippen LogP contribution in [0, 0.1) is 57.2 Å². The topological polar surface area (TPSA) is 34.1 Å². The highest BCUT2D eigenvalue weighted by Crippen LogP contribution is 2.73. The van der Waals surface area contributed by atoms with E-state index in [2.05, 4.69) is 55.4 Å². The highest BCUT2D eigenvalue weighted by Gasteiger charge is 2.69. The molecule has 2 nitrogen and oxygen atoms in total. The summed E-state index contributed by atoms with van der Waals surface area (Å²) in [5.74, 6) is 4.19. The summed E-state index contributed by atoms with van der Waals surface area (Å²) in [4.78, 5) is 26.9. The molecule has 4 aliphatic carbocycles. The molecule has 0 saturated heterocycles. The highest BCUT2D eigenvalue weighted by molar-refractivity contribution is 5.88. The fraction of sp³-hybridized carbons (Fsp3) is 0.933. The molecule has 0 amide bonds. The third-order valence-electron chi connectivity index (χ3n) is 12.1. The lowest BCUT2D eigenvalue weighted by Gasteiger charge is -2.65. The molecule has 0 N–H and O–H groups in total. The van der Waals surface area contributed by atoms with Crippen LogP contribution in [0.1, 0.15) is 120 Å². The zero-order chi connectivity index (χ0) is 23.7. The van der Waals surface area contributed by atoms with Gasteiger partial charge in [-0.05, 0) is 77.9 Å². The molecule has 4 fully saturated rings. The van der Waals surface area contributed by atoms with Crippen LogP contribution in [-0.4, -0.2) is 11.6 Å². The van der Waals surface area contributed by atoms with Crippen LogP contribution in [0.5, 0.6) is 0 Å². The molecule has 8 atom stereocenters. The van der Waals surface area contributed by atoms with Crippen LogP contribution >= 0.6 is 0 Å². The standard InChI is InChI=1S/C30H50O2/c1-19(2)10-9-11-20(3)21-14-17-29(7)22-12-13-24-27(4,5)25(32)15-16-28(24,6)26(22)23(31)18-30(21,29)8/h19-22,24,26H,9-18H2,1-8H3/t20-,21-,22-,24+,26-,28+,29+,30-/m1/s1. The van der Waals surface area contributed by atoms with Crippen molar-refractivity contribution < 1.29 is 9.59 Å². The van der Waals surface area contributed by atoms with Crippen LogP contribution in [0.3, 0.4) is 0 Å². The Kier molecular flexibility index (Phi) is 6.07.